The van der Waals surface area contributed by atoms with Gasteiger partial charge in [-0.3, -0.25) is 4.79 Å². The molecule has 25 heavy (non-hydrogen) atoms. The molecule has 3 aromatic carbocycles. The fraction of sp³-hybridized carbons (Fsp3) is 0.130. The first-order valence-corrected chi connectivity index (χ1v) is 8.76. The van der Waals surface area contributed by atoms with E-state index in [4.69, 9.17) is 0 Å². The number of rotatable bonds is 1. The Morgan fingerprint density at radius 3 is 2.44 bits per heavy atom. The monoisotopic (exact) mass is 324 g/mol. The van der Waals surface area contributed by atoms with E-state index in [1.165, 1.54) is 16.3 Å². The van der Waals surface area contributed by atoms with Crippen LogP contribution >= 0.6 is 0 Å². The van der Waals surface area contributed by atoms with Gasteiger partial charge in [0.15, 0.2) is 12.4 Å². The number of aryl methyl sites for hydroxylation is 1. The van der Waals surface area contributed by atoms with E-state index in [1.807, 2.05) is 30.5 Å². The highest BCUT2D eigenvalue weighted by Gasteiger charge is 2.35. The number of pyridine rings is 1. The second-order valence-corrected chi connectivity index (χ2v) is 6.76. The van der Waals surface area contributed by atoms with E-state index in [0.29, 0.717) is 0 Å². The maximum Gasteiger partial charge on any atom is 0.231 e. The van der Waals surface area contributed by atoms with Gasteiger partial charge in [0.2, 0.25) is 11.8 Å². The van der Waals surface area contributed by atoms with E-state index >= 15 is 0 Å². The third-order valence-electron chi connectivity index (χ3n) is 5.32. The summed E-state index contributed by atoms with van der Waals surface area (Å²) in [6.45, 7) is 0. The number of carbonyl (C=O) groups excluding carboxylic acids is 1. The summed E-state index contributed by atoms with van der Waals surface area (Å²) in [5.41, 5.74) is 2.09. The molecule has 4 aromatic rings. The standard InChI is InChI=1S/C23H18NO/c25-23-21(24-14-13-16-5-1-2-7-19(16)15-24)12-11-18-10-9-17-6-3-4-8-20(17)22(18)23/h1-10,13-15,21H,11-12H2/q+1. The molecule has 0 spiro atoms. The van der Waals surface area contributed by atoms with Gasteiger partial charge in [-0.05, 0) is 34.2 Å². The van der Waals surface area contributed by atoms with Crippen molar-refractivity contribution in [2.45, 2.75) is 18.9 Å². The van der Waals surface area contributed by atoms with Crippen molar-refractivity contribution >= 4 is 27.3 Å². The summed E-state index contributed by atoms with van der Waals surface area (Å²) in [5.74, 6) is 0.235. The zero-order valence-corrected chi connectivity index (χ0v) is 13.9. The molecule has 1 heterocycles. The lowest BCUT2D eigenvalue weighted by Gasteiger charge is -2.21. The van der Waals surface area contributed by atoms with Crippen LogP contribution in [0.3, 0.4) is 0 Å². The lowest BCUT2D eigenvalue weighted by molar-refractivity contribution is -0.707. The molecule has 0 N–H and O–H groups in total. The van der Waals surface area contributed by atoms with Crippen molar-refractivity contribution in [2.75, 3.05) is 0 Å². The lowest BCUT2D eigenvalue weighted by Crippen LogP contribution is -2.45. The highest BCUT2D eigenvalue weighted by molar-refractivity contribution is 6.11. The van der Waals surface area contributed by atoms with Crippen LogP contribution in [-0.2, 0) is 6.42 Å². The molecule has 1 unspecified atom stereocenters. The van der Waals surface area contributed by atoms with E-state index in [9.17, 15) is 4.79 Å². The molecule has 0 saturated carbocycles. The minimum absolute atomic E-state index is 0.122. The molecular formula is C23H18NO+. The number of ketones is 1. The molecule has 2 heteroatoms. The molecule has 1 atom stereocenters. The van der Waals surface area contributed by atoms with Crippen molar-refractivity contribution in [3.8, 4) is 0 Å². The maximum absolute atomic E-state index is 13.3. The third kappa shape index (κ3) is 2.25. The molecule has 1 aliphatic rings. The Hall–Kier alpha value is -3.00. The normalized spacial score (nSPS) is 17.0. The van der Waals surface area contributed by atoms with Gasteiger partial charge in [-0.25, -0.2) is 0 Å². The highest BCUT2D eigenvalue weighted by atomic mass is 16.1. The molecule has 5 rings (SSSR count). The van der Waals surface area contributed by atoms with Crippen LogP contribution in [0, 0.1) is 0 Å². The summed E-state index contributed by atoms with van der Waals surface area (Å²) in [7, 11) is 0. The molecule has 0 fully saturated rings. The zero-order chi connectivity index (χ0) is 16.8. The molecule has 0 bridgehead atoms. The van der Waals surface area contributed by atoms with Gasteiger partial charge in [0.25, 0.3) is 0 Å². The summed E-state index contributed by atoms with van der Waals surface area (Å²) in [4.78, 5) is 13.3. The Bertz CT molecular complexity index is 1130. The van der Waals surface area contributed by atoms with Gasteiger partial charge in [0.05, 0.1) is 0 Å². The smallest absolute Gasteiger partial charge is 0.231 e. The molecular weight excluding hydrogens is 306 g/mol. The largest absolute Gasteiger partial charge is 0.287 e. The van der Waals surface area contributed by atoms with Gasteiger partial charge < -0.3 is 0 Å². The number of aromatic nitrogens is 1. The van der Waals surface area contributed by atoms with Crippen molar-refractivity contribution < 1.29 is 9.36 Å². The highest BCUT2D eigenvalue weighted by Crippen LogP contribution is 2.32. The number of Topliss-reactive ketones (excluding diaryl/α,β-unsaturated/α-hetero) is 1. The second-order valence-electron chi connectivity index (χ2n) is 6.76. The fourth-order valence-corrected chi connectivity index (χ4v) is 4.03. The van der Waals surface area contributed by atoms with E-state index in [0.717, 1.165) is 29.2 Å². The van der Waals surface area contributed by atoms with Gasteiger partial charge in [-0.1, -0.05) is 54.6 Å². The van der Waals surface area contributed by atoms with Crippen molar-refractivity contribution in [2.24, 2.45) is 0 Å². The molecule has 2 nitrogen and oxygen atoms in total. The van der Waals surface area contributed by atoms with Crippen LogP contribution in [0.5, 0.6) is 0 Å². The maximum atomic E-state index is 13.3. The summed E-state index contributed by atoms with van der Waals surface area (Å²) in [5, 5.41) is 4.59. The van der Waals surface area contributed by atoms with E-state index in [-0.39, 0.29) is 11.8 Å². The van der Waals surface area contributed by atoms with E-state index in [2.05, 4.69) is 53.2 Å². The topological polar surface area (TPSA) is 20.9 Å². The third-order valence-corrected chi connectivity index (χ3v) is 5.32. The minimum atomic E-state index is -0.122. The Balaban J connectivity index is 1.65. The number of hydrogen-bond donors (Lipinski definition) is 0. The van der Waals surface area contributed by atoms with Crippen molar-refractivity contribution in [1.29, 1.82) is 0 Å². The van der Waals surface area contributed by atoms with Crippen molar-refractivity contribution in [3.05, 3.63) is 90.3 Å². The van der Waals surface area contributed by atoms with Crippen LogP contribution in [0.25, 0.3) is 21.5 Å². The second kappa shape index (κ2) is 5.52. The number of fused-ring (bicyclic) bond motifs is 4. The first-order valence-electron chi connectivity index (χ1n) is 8.76. The zero-order valence-electron chi connectivity index (χ0n) is 13.9. The lowest BCUT2D eigenvalue weighted by atomic mass is 9.84. The summed E-state index contributed by atoms with van der Waals surface area (Å²) >= 11 is 0. The number of carbonyl (C=O) groups is 1. The summed E-state index contributed by atoms with van der Waals surface area (Å²) in [6, 6.07) is 22.7. The van der Waals surface area contributed by atoms with Gasteiger partial charge in [0, 0.05) is 23.4 Å². The molecule has 1 aromatic heterocycles. The molecule has 0 amide bonds. The van der Waals surface area contributed by atoms with E-state index in [1.54, 1.807) is 0 Å². The summed E-state index contributed by atoms with van der Waals surface area (Å²) in [6.07, 6.45) is 5.94. The Morgan fingerprint density at radius 1 is 0.800 bits per heavy atom. The van der Waals surface area contributed by atoms with Crippen LogP contribution in [0.15, 0.2) is 79.1 Å². The SMILES string of the molecule is O=C1c2c(ccc3ccccc23)CCC1[n+]1ccc2ccccc2c1. The average Bonchev–Trinajstić information content (AvgIpc) is 2.67. The number of hydrogen-bond acceptors (Lipinski definition) is 1. The van der Waals surface area contributed by atoms with E-state index < -0.39 is 0 Å². The molecule has 120 valence electrons. The Labute approximate surface area is 146 Å². The molecule has 0 radical (unpaired) electrons. The van der Waals surface area contributed by atoms with Crippen molar-refractivity contribution in [3.63, 3.8) is 0 Å². The predicted octanol–water partition coefficient (Wildman–Crippen LogP) is 4.65. The van der Waals surface area contributed by atoms with Crippen LogP contribution in [-0.4, -0.2) is 5.78 Å². The quantitative estimate of drug-likeness (QED) is 0.467. The van der Waals surface area contributed by atoms with Gasteiger partial charge in [-0.15, -0.1) is 0 Å². The number of benzene rings is 3. The fourth-order valence-electron chi connectivity index (χ4n) is 4.03. The van der Waals surface area contributed by atoms with Gasteiger partial charge >= 0.3 is 0 Å². The molecule has 0 aliphatic heterocycles. The minimum Gasteiger partial charge on any atom is -0.287 e. The Morgan fingerprint density at radius 2 is 1.56 bits per heavy atom. The number of nitrogens with zero attached hydrogens (tertiary/aromatic N) is 1. The molecule has 1 aliphatic carbocycles. The first kappa shape index (κ1) is 14.4. The predicted molar refractivity (Wildman–Crippen MR) is 99.8 cm³/mol. The Kier molecular flexibility index (Phi) is 3.17. The molecule has 0 saturated heterocycles. The van der Waals surface area contributed by atoms with Gasteiger partial charge in [-0.2, -0.15) is 4.57 Å². The van der Waals surface area contributed by atoms with Gasteiger partial charge in [0.1, 0.15) is 0 Å². The van der Waals surface area contributed by atoms with Crippen LogP contribution < -0.4 is 4.57 Å². The van der Waals surface area contributed by atoms with Crippen LogP contribution in [0.4, 0.5) is 0 Å². The van der Waals surface area contributed by atoms with Crippen molar-refractivity contribution in [1.82, 2.24) is 0 Å². The van der Waals surface area contributed by atoms with Crippen LogP contribution in [0.1, 0.15) is 28.4 Å². The van der Waals surface area contributed by atoms with Crippen LogP contribution in [0.2, 0.25) is 0 Å². The first-order chi connectivity index (χ1) is 12.3. The average molecular weight is 324 g/mol. The summed E-state index contributed by atoms with van der Waals surface area (Å²) < 4.78 is 2.09.